The number of halogens is 1. The Morgan fingerprint density at radius 1 is 1.50 bits per heavy atom. The van der Waals surface area contributed by atoms with Crippen LogP contribution in [0.15, 0.2) is 47.6 Å². The van der Waals surface area contributed by atoms with Gasteiger partial charge in [-0.25, -0.2) is 0 Å². The van der Waals surface area contributed by atoms with Crippen LogP contribution in [0.5, 0.6) is 0 Å². The van der Waals surface area contributed by atoms with Crippen molar-refractivity contribution in [2.24, 2.45) is 0 Å². The van der Waals surface area contributed by atoms with Gasteiger partial charge in [0.1, 0.15) is 11.8 Å². The van der Waals surface area contributed by atoms with Crippen LogP contribution in [0, 0.1) is 0 Å². The van der Waals surface area contributed by atoms with Crippen LogP contribution in [0.3, 0.4) is 0 Å². The van der Waals surface area contributed by atoms with Gasteiger partial charge in [0.05, 0.1) is 10.6 Å². The third-order valence-electron chi connectivity index (χ3n) is 2.17. The Kier molecular flexibility index (Phi) is 3.83. The summed E-state index contributed by atoms with van der Waals surface area (Å²) in [4.78, 5) is 1.14. The minimum atomic E-state index is 0.0468. The first kappa shape index (κ1) is 11.5. The van der Waals surface area contributed by atoms with Crippen LogP contribution >= 0.6 is 22.9 Å². The highest BCUT2D eigenvalue weighted by Gasteiger charge is 2.17. The average Bonchev–Trinajstić information content (AvgIpc) is 2.91. The first-order chi connectivity index (χ1) is 7.81. The molecule has 0 aliphatic rings. The van der Waals surface area contributed by atoms with Crippen molar-refractivity contribution >= 4 is 22.9 Å². The standard InChI is InChI=1S/C12H12ClNOS/c1-2-7-14-12(9-4-3-8-15-9)10-5-6-11(13)16-10/h2-6,8,12,14H,1,7H2. The van der Waals surface area contributed by atoms with Crippen molar-refractivity contribution in [3.05, 3.63) is 58.2 Å². The van der Waals surface area contributed by atoms with Gasteiger partial charge in [-0.3, -0.25) is 5.32 Å². The second-order valence-corrected chi connectivity index (χ2v) is 5.03. The first-order valence-electron chi connectivity index (χ1n) is 4.94. The third kappa shape index (κ3) is 2.55. The Morgan fingerprint density at radius 2 is 2.38 bits per heavy atom. The van der Waals surface area contributed by atoms with Crippen molar-refractivity contribution in [3.8, 4) is 0 Å². The molecule has 0 saturated heterocycles. The molecular formula is C12H12ClNOS. The fraction of sp³-hybridized carbons (Fsp3) is 0.167. The lowest BCUT2D eigenvalue weighted by atomic mass is 10.2. The zero-order valence-electron chi connectivity index (χ0n) is 8.65. The molecule has 0 saturated carbocycles. The summed E-state index contributed by atoms with van der Waals surface area (Å²) in [6.45, 7) is 4.42. The van der Waals surface area contributed by atoms with E-state index in [4.69, 9.17) is 16.0 Å². The Labute approximate surface area is 104 Å². The van der Waals surface area contributed by atoms with E-state index >= 15 is 0 Å². The highest BCUT2D eigenvalue weighted by molar-refractivity contribution is 7.16. The molecule has 2 aromatic rings. The summed E-state index contributed by atoms with van der Waals surface area (Å²) < 4.78 is 6.21. The zero-order valence-corrected chi connectivity index (χ0v) is 10.2. The molecule has 1 N–H and O–H groups in total. The Balaban J connectivity index is 2.24. The average molecular weight is 254 g/mol. The molecular weight excluding hydrogens is 242 g/mol. The van der Waals surface area contributed by atoms with E-state index in [2.05, 4.69) is 11.9 Å². The van der Waals surface area contributed by atoms with Gasteiger partial charge < -0.3 is 4.42 Å². The topological polar surface area (TPSA) is 25.2 Å². The molecule has 2 nitrogen and oxygen atoms in total. The van der Waals surface area contributed by atoms with Gasteiger partial charge in [0.2, 0.25) is 0 Å². The molecule has 0 fully saturated rings. The van der Waals surface area contributed by atoms with E-state index in [1.54, 1.807) is 17.6 Å². The molecule has 4 heteroatoms. The van der Waals surface area contributed by atoms with Crippen LogP contribution in [-0.2, 0) is 0 Å². The second-order valence-electron chi connectivity index (χ2n) is 3.29. The maximum atomic E-state index is 5.94. The van der Waals surface area contributed by atoms with Gasteiger partial charge in [-0.2, -0.15) is 0 Å². The Bertz CT molecular complexity index is 449. The third-order valence-corrected chi connectivity index (χ3v) is 3.47. The Morgan fingerprint density at radius 3 is 2.94 bits per heavy atom. The van der Waals surface area contributed by atoms with E-state index in [-0.39, 0.29) is 6.04 Å². The van der Waals surface area contributed by atoms with Crippen molar-refractivity contribution in [1.82, 2.24) is 5.32 Å². The number of rotatable bonds is 5. The fourth-order valence-corrected chi connectivity index (χ4v) is 2.63. The molecule has 1 atom stereocenters. The van der Waals surface area contributed by atoms with Crippen LogP contribution in [-0.4, -0.2) is 6.54 Å². The molecule has 2 rings (SSSR count). The summed E-state index contributed by atoms with van der Waals surface area (Å²) in [5.41, 5.74) is 0. The van der Waals surface area contributed by atoms with E-state index in [1.165, 1.54) is 0 Å². The lowest BCUT2D eigenvalue weighted by molar-refractivity contribution is 0.459. The van der Waals surface area contributed by atoms with E-state index in [1.807, 2.05) is 30.3 Å². The van der Waals surface area contributed by atoms with Gasteiger partial charge in [-0.1, -0.05) is 17.7 Å². The van der Waals surface area contributed by atoms with E-state index < -0.39 is 0 Å². The highest BCUT2D eigenvalue weighted by atomic mass is 35.5. The van der Waals surface area contributed by atoms with Crippen LogP contribution in [0.1, 0.15) is 16.7 Å². The van der Waals surface area contributed by atoms with Gasteiger partial charge in [0.15, 0.2) is 0 Å². The number of hydrogen-bond donors (Lipinski definition) is 1. The normalized spacial score (nSPS) is 12.6. The van der Waals surface area contributed by atoms with Crippen molar-refractivity contribution < 1.29 is 4.42 Å². The summed E-state index contributed by atoms with van der Waals surface area (Å²) in [5, 5.41) is 3.34. The van der Waals surface area contributed by atoms with E-state index in [0.29, 0.717) is 0 Å². The van der Waals surface area contributed by atoms with Gasteiger partial charge in [-0.15, -0.1) is 17.9 Å². The second kappa shape index (κ2) is 5.34. The molecule has 0 radical (unpaired) electrons. The number of hydrogen-bond acceptors (Lipinski definition) is 3. The summed E-state index contributed by atoms with van der Waals surface area (Å²) in [6.07, 6.45) is 3.50. The highest BCUT2D eigenvalue weighted by Crippen LogP contribution is 2.31. The summed E-state index contributed by atoms with van der Waals surface area (Å²) in [6, 6.07) is 7.79. The molecule has 16 heavy (non-hydrogen) atoms. The van der Waals surface area contributed by atoms with Crippen molar-refractivity contribution in [3.63, 3.8) is 0 Å². The summed E-state index contributed by atoms with van der Waals surface area (Å²) >= 11 is 7.49. The molecule has 84 valence electrons. The van der Waals surface area contributed by atoms with Gasteiger partial charge in [-0.05, 0) is 24.3 Å². The lowest BCUT2D eigenvalue weighted by Gasteiger charge is -2.13. The van der Waals surface area contributed by atoms with Crippen molar-refractivity contribution in [2.45, 2.75) is 6.04 Å². The minimum Gasteiger partial charge on any atom is -0.467 e. The van der Waals surface area contributed by atoms with Crippen LogP contribution < -0.4 is 5.32 Å². The maximum absolute atomic E-state index is 5.94. The number of thiophene rings is 1. The molecule has 0 spiro atoms. The Hall–Kier alpha value is -1.03. The lowest BCUT2D eigenvalue weighted by Crippen LogP contribution is -2.21. The molecule has 2 heterocycles. The molecule has 1 unspecified atom stereocenters. The predicted molar refractivity (Wildman–Crippen MR) is 68.1 cm³/mol. The zero-order chi connectivity index (χ0) is 11.4. The molecule has 2 aromatic heterocycles. The SMILES string of the molecule is C=CCNC(c1ccco1)c1ccc(Cl)s1. The quantitative estimate of drug-likeness (QED) is 0.819. The number of nitrogens with one attached hydrogen (secondary N) is 1. The molecule has 0 aromatic carbocycles. The van der Waals surface area contributed by atoms with E-state index in [9.17, 15) is 0 Å². The smallest absolute Gasteiger partial charge is 0.126 e. The first-order valence-corrected chi connectivity index (χ1v) is 6.13. The van der Waals surface area contributed by atoms with Crippen molar-refractivity contribution in [2.75, 3.05) is 6.54 Å². The molecule has 0 bridgehead atoms. The monoisotopic (exact) mass is 253 g/mol. The summed E-state index contributed by atoms with van der Waals surface area (Å²) in [5.74, 6) is 0.889. The summed E-state index contributed by atoms with van der Waals surface area (Å²) in [7, 11) is 0. The number of furan rings is 1. The van der Waals surface area contributed by atoms with Crippen LogP contribution in [0.2, 0.25) is 4.34 Å². The van der Waals surface area contributed by atoms with Crippen LogP contribution in [0.25, 0.3) is 0 Å². The van der Waals surface area contributed by atoms with Gasteiger partial charge in [0, 0.05) is 11.4 Å². The fourth-order valence-electron chi connectivity index (χ4n) is 1.48. The van der Waals surface area contributed by atoms with Crippen LogP contribution in [0.4, 0.5) is 0 Å². The van der Waals surface area contributed by atoms with Gasteiger partial charge in [0.25, 0.3) is 0 Å². The largest absolute Gasteiger partial charge is 0.467 e. The molecule has 0 aliphatic carbocycles. The molecule has 0 amide bonds. The predicted octanol–water partition coefficient (Wildman–Crippen LogP) is 3.86. The van der Waals surface area contributed by atoms with E-state index in [0.717, 1.165) is 21.5 Å². The van der Waals surface area contributed by atoms with Crippen molar-refractivity contribution in [1.29, 1.82) is 0 Å². The minimum absolute atomic E-state index is 0.0468. The van der Waals surface area contributed by atoms with Gasteiger partial charge >= 0.3 is 0 Å². The maximum Gasteiger partial charge on any atom is 0.126 e. The molecule has 0 aliphatic heterocycles.